The largest absolute Gasteiger partial charge is 0.387 e. The van der Waals surface area contributed by atoms with E-state index in [1.807, 2.05) is 11.8 Å². The van der Waals surface area contributed by atoms with Crippen LogP contribution < -0.4 is 0 Å². The smallest absolute Gasteiger partial charge is 0.222 e. The summed E-state index contributed by atoms with van der Waals surface area (Å²) in [5.74, 6) is -1.35. The molecule has 0 aliphatic carbocycles. The van der Waals surface area contributed by atoms with E-state index >= 15 is 0 Å². The summed E-state index contributed by atoms with van der Waals surface area (Å²) in [5, 5.41) is 10.1. The van der Waals surface area contributed by atoms with E-state index in [0.29, 0.717) is 32.6 Å². The van der Waals surface area contributed by atoms with Gasteiger partial charge in [0.25, 0.3) is 0 Å². The standard InChI is InChI=1S/C16H22F2N2O2/c1-2-15(22)20-8-4-7-19(9-10-20)11-14(21)16-12(17)5-3-6-13(16)18/h3,5-6,14,21H,2,4,7-11H2,1H3. The van der Waals surface area contributed by atoms with E-state index in [0.717, 1.165) is 18.6 Å². The molecule has 122 valence electrons. The van der Waals surface area contributed by atoms with Crippen LogP contribution in [0.15, 0.2) is 18.2 Å². The van der Waals surface area contributed by atoms with Gasteiger partial charge in [0.15, 0.2) is 0 Å². The minimum absolute atomic E-state index is 0.113. The van der Waals surface area contributed by atoms with Crippen molar-refractivity contribution in [3.63, 3.8) is 0 Å². The highest BCUT2D eigenvalue weighted by Gasteiger charge is 2.23. The van der Waals surface area contributed by atoms with Crippen molar-refractivity contribution >= 4 is 5.91 Å². The van der Waals surface area contributed by atoms with E-state index < -0.39 is 17.7 Å². The molecule has 1 atom stereocenters. The maximum atomic E-state index is 13.7. The Morgan fingerprint density at radius 2 is 1.91 bits per heavy atom. The average Bonchev–Trinajstić information content (AvgIpc) is 2.72. The number of hydrogen-bond donors (Lipinski definition) is 1. The third-order valence-electron chi connectivity index (χ3n) is 4.01. The van der Waals surface area contributed by atoms with E-state index in [9.17, 15) is 18.7 Å². The molecule has 4 nitrogen and oxygen atoms in total. The van der Waals surface area contributed by atoms with E-state index in [-0.39, 0.29) is 18.0 Å². The number of nitrogens with zero attached hydrogens (tertiary/aromatic N) is 2. The van der Waals surface area contributed by atoms with Gasteiger partial charge in [-0.25, -0.2) is 8.78 Å². The normalized spacial score (nSPS) is 18.1. The summed E-state index contributed by atoms with van der Waals surface area (Å²) in [4.78, 5) is 15.5. The van der Waals surface area contributed by atoms with Gasteiger partial charge in [-0.1, -0.05) is 13.0 Å². The molecule has 1 aliphatic heterocycles. The minimum Gasteiger partial charge on any atom is -0.387 e. The Morgan fingerprint density at radius 1 is 1.23 bits per heavy atom. The summed E-state index contributed by atoms with van der Waals surface area (Å²) < 4.78 is 27.4. The van der Waals surface area contributed by atoms with Crippen molar-refractivity contribution in [2.45, 2.75) is 25.9 Å². The van der Waals surface area contributed by atoms with E-state index in [4.69, 9.17) is 0 Å². The Kier molecular flexibility index (Phi) is 5.85. The van der Waals surface area contributed by atoms with Crippen LogP contribution in [0.2, 0.25) is 0 Å². The van der Waals surface area contributed by atoms with Crippen LogP contribution in [0.4, 0.5) is 8.78 Å². The third-order valence-corrected chi connectivity index (χ3v) is 4.01. The lowest BCUT2D eigenvalue weighted by Crippen LogP contribution is -2.36. The van der Waals surface area contributed by atoms with Crippen LogP contribution >= 0.6 is 0 Å². The van der Waals surface area contributed by atoms with Gasteiger partial charge in [-0.15, -0.1) is 0 Å². The monoisotopic (exact) mass is 312 g/mol. The molecular formula is C16H22F2N2O2. The number of β-amino-alcohol motifs (C(OH)–C–C–N with tert-alkyl or cyclic N) is 1. The third kappa shape index (κ3) is 4.01. The zero-order valence-corrected chi connectivity index (χ0v) is 12.8. The number of halogens is 2. The first kappa shape index (κ1) is 16.8. The molecule has 0 spiro atoms. The fourth-order valence-corrected chi connectivity index (χ4v) is 2.79. The van der Waals surface area contributed by atoms with Crippen LogP contribution in [-0.4, -0.2) is 53.5 Å². The minimum atomic E-state index is -1.21. The van der Waals surface area contributed by atoms with Gasteiger partial charge in [0.1, 0.15) is 11.6 Å². The Bertz CT molecular complexity index is 505. The van der Waals surface area contributed by atoms with E-state index in [2.05, 4.69) is 0 Å². The maximum absolute atomic E-state index is 13.7. The van der Waals surface area contributed by atoms with E-state index in [1.165, 1.54) is 6.07 Å². The number of amides is 1. The molecule has 1 fully saturated rings. The van der Waals surface area contributed by atoms with Crippen molar-refractivity contribution in [1.82, 2.24) is 9.80 Å². The molecule has 1 N–H and O–H groups in total. The number of aliphatic hydroxyl groups is 1. The number of rotatable bonds is 4. The molecule has 1 heterocycles. The second kappa shape index (κ2) is 7.65. The number of carbonyl (C=O) groups is 1. The molecule has 1 unspecified atom stereocenters. The number of carbonyl (C=O) groups excluding carboxylic acids is 1. The summed E-state index contributed by atoms with van der Waals surface area (Å²) >= 11 is 0. The number of benzene rings is 1. The van der Waals surface area contributed by atoms with Crippen molar-refractivity contribution in [3.8, 4) is 0 Å². The predicted molar refractivity (Wildman–Crippen MR) is 79.2 cm³/mol. The van der Waals surface area contributed by atoms with Gasteiger partial charge >= 0.3 is 0 Å². The molecule has 6 heteroatoms. The van der Waals surface area contributed by atoms with Gasteiger partial charge in [-0.3, -0.25) is 9.69 Å². The fraction of sp³-hybridized carbons (Fsp3) is 0.562. The summed E-state index contributed by atoms with van der Waals surface area (Å²) in [6.45, 7) is 4.55. The van der Waals surface area contributed by atoms with Crippen molar-refractivity contribution < 1.29 is 18.7 Å². The molecule has 1 aromatic rings. The highest BCUT2D eigenvalue weighted by molar-refractivity contribution is 5.75. The molecule has 0 radical (unpaired) electrons. The summed E-state index contributed by atoms with van der Waals surface area (Å²) in [6, 6.07) is 3.57. The lowest BCUT2D eigenvalue weighted by atomic mass is 10.1. The van der Waals surface area contributed by atoms with Crippen LogP contribution in [0.1, 0.15) is 31.4 Å². The predicted octanol–water partition coefficient (Wildman–Crippen LogP) is 1.94. The average molecular weight is 312 g/mol. The van der Waals surface area contributed by atoms with Crippen molar-refractivity contribution in [1.29, 1.82) is 0 Å². The Hall–Kier alpha value is -1.53. The Morgan fingerprint density at radius 3 is 2.55 bits per heavy atom. The second-order valence-corrected chi connectivity index (χ2v) is 5.54. The van der Waals surface area contributed by atoms with Crippen LogP contribution in [0, 0.1) is 11.6 Å². The molecule has 1 aromatic carbocycles. The zero-order valence-electron chi connectivity index (χ0n) is 12.8. The first-order chi connectivity index (χ1) is 10.5. The molecule has 0 aromatic heterocycles. The lowest BCUT2D eigenvalue weighted by molar-refractivity contribution is -0.130. The number of hydrogen-bond acceptors (Lipinski definition) is 3. The molecule has 1 amide bonds. The highest BCUT2D eigenvalue weighted by Crippen LogP contribution is 2.22. The number of aliphatic hydroxyl groups excluding tert-OH is 1. The van der Waals surface area contributed by atoms with Crippen LogP contribution in [0.25, 0.3) is 0 Å². The molecule has 22 heavy (non-hydrogen) atoms. The Balaban J connectivity index is 1.97. The van der Waals surface area contributed by atoms with Crippen molar-refractivity contribution in [2.24, 2.45) is 0 Å². The quantitative estimate of drug-likeness (QED) is 0.924. The SMILES string of the molecule is CCC(=O)N1CCCN(CC(O)c2c(F)cccc2F)CC1. The van der Waals surface area contributed by atoms with Gasteiger partial charge < -0.3 is 10.0 Å². The van der Waals surface area contributed by atoms with Gasteiger partial charge in [0.05, 0.1) is 11.7 Å². The van der Waals surface area contributed by atoms with Gasteiger partial charge in [-0.05, 0) is 18.6 Å². The van der Waals surface area contributed by atoms with Crippen LogP contribution in [0.5, 0.6) is 0 Å². The zero-order chi connectivity index (χ0) is 16.1. The van der Waals surface area contributed by atoms with Gasteiger partial charge in [-0.2, -0.15) is 0 Å². The Labute approximate surface area is 129 Å². The van der Waals surface area contributed by atoms with Crippen molar-refractivity contribution in [2.75, 3.05) is 32.7 Å². The van der Waals surface area contributed by atoms with Crippen LogP contribution in [-0.2, 0) is 4.79 Å². The first-order valence-electron chi connectivity index (χ1n) is 7.65. The molecule has 1 saturated heterocycles. The molecule has 1 aliphatic rings. The highest BCUT2D eigenvalue weighted by atomic mass is 19.1. The summed E-state index contributed by atoms with van der Waals surface area (Å²) in [5.41, 5.74) is -0.284. The van der Waals surface area contributed by atoms with Gasteiger partial charge in [0, 0.05) is 39.1 Å². The lowest BCUT2D eigenvalue weighted by Gasteiger charge is -2.24. The molecular weight excluding hydrogens is 290 g/mol. The molecule has 2 rings (SSSR count). The maximum Gasteiger partial charge on any atom is 0.222 e. The molecule has 0 bridgehead atoms. The summed E-state index contributed by atoms with van der Waals surface area (Å²) in [6.07, 6.45) is 0.0518. The van der Waals surface area contributed by atoms with Gasteiger partial charge in [0.2, 0.25) is 5.91 Å². The fourth-order valence-electron chi connectivity index (χ4n) is 2.79. The molecule has 0 saturated carbocycles. The van der Waals surface area contributed by atoms with E-state index in [1.54, 1.807) is 4.90 Å². The van der Waals surface area contributed by atoms with Crippen LogP contribution in [0.3, 0.4) is 0 Å². The van der Waals surface area contributed by atoms with Crippen molar-refractivity contribution in [3.05, 3.63) is 35.4 Å². The summed E-state index contributed by atoms with van der Waals surface area (Å²) in [7, 11) is 0. The second-order valence-electron chi connectivity index (χ2n) is 5.54. The topological polar surface area (TPSA) is 43.8 Å². The first-order valence-corrected chi connectivity index (χ1v) is 7.65.